The monoisotopic (exact) mass is 731 g/mol. The quantitative estimate of drug-likeness (QED) is 0.175. The lowest BCUT2D eigenvalue weighted by atomic mass is 9.93. The molecule has 0 aliphatic heterocycles. The number of fused-ring (bicyclic) bond motifs is 9. The van der Waals surface area contributed by atoms with Crippen LogP contribution in [0.15, 0.2) is 185 Å². The number of hydrogen-bond donors (Lipinski definition) is 0. The molecule has 12 aromatic rings. The number of aromatic nitrogens is 5. The van der Waals surface area contributed by atoms with Gasteiger partial charge in [-0.3, -0.25) is 0 Å². The molecule has 7 aromatic carbocycles. The van der Waals surface area contributed by atoms with Gasteiger partial charge in [0, 0.05) is 45.2 Å². The van der Waals surface area contributed by atoms with E-state index in [1.165, 1.54) is 50.5 Å². The van der Waals surface area contributed by atoms with Crippen LogP contribution in [0.1, 0.15) is 0 Å². The number of rotatable bonds is 5. The fourth-order valence-electron chi connectivity index (χ4n) is 8.37. The minimum absolute atomic E-state index is 0.475. The molecular weight excluding hydrogens is 703 g/mol. The van der Waals surface area contributed by atoms with Gasteiger partial charge in [0.1, 0.15) is 17.5 Å². The van der Waals surface area contributed by atoms with E-state index in [-0.39, 0.29) is 0 Å². The lowest BCUT2D eigenvalue weighted by Crippen LogP contribution is -1.94. The summed E-state index contributed by atoms with van der Waals surface area (Å²) < 4.78 is 14.7. The van der Waals surface area contributed by atoms with E-state index in [0.29, 0.717) is 17.3 Å². The molecule has 57 heavy (non-hydrogen) atoms. The Kier molecular flexibility index (Phi) is 6.79. The summed E-state index contributed by atoms with van der Waals surface area (Å²) in [6.45, 7) is 0. The van der Waals surface area contributed by atoms with Crippen LogP contribution in [0.4, 0.5) is 0 Å². The van der Waals surface area contributed by atoms with Gasteiger partial charge in [-0.15, -0.1) is 0 Å². The second-order valence-corrected chi connectivity index (χ2v) is 14.3. The van der Waals surface area contributed by atoms with Gasteiger partial charge in [-0.25, -0.2) is 15.0 Å². The maximum Gasteiger partial charge on any atom is 0.233 e. The van der Waals surface area contributed by atoms with Crippen LogP contribution >= 0.6 is 0 Å². The van der Waals surface area contributed by atoms with E-state index in [4.69, 9.17) is 18.8 Å². The van der Waals surface area contributed by atoms with Crippen molar-refractivity contribution in [2.24, 2.45) is 0 Å². The van der Waals surface area contributed by atoms with Crippen molar-refractivity contribution in [3.05, 3.63) is 176 Å². The summed E-state index contributed by atoms with van der Waals surface area (Å²) in [5.74, 6) is 0.558. The summed E-state index contributed by atoms with van der Waals surface area (Å²) in [6.07, 6.45) is 4.97. The first-order valence-corrected chi connectivity index (χ1v) is 18.8. The lowest BCUT2D eigenvalue weighted by molar-refractivity contribution is 0.638. The summed E-state index contributed by atoms with van der Waals surface area (Å²) in [5, 5.41) is 5.94. The minimum Gasteiger partial charge on any atom is -0.456 e. The van der Waals surface area contributed by atoms with Crippen molar-refractivity contribution in [1.82, 2.24) is 24.5 Å². The lowest BCUT2D eigenvalue weighted by Gasteiger charge is -2.11. The molecule has 0 N–H and O–H groups in total. The summed E-state index contributed by atoms with van der Waals surface area (Å²) >= 11 is 0. The first kappa shape index (κ1) is 31.5. The van der Waals surface area contributed by atoms with Crippen molar-refractivity contribution < 1.29 is 8.83 Å². The fourth-order valence-corrected chi connectivity index (χ4v) is 8.37. The van der Waals surface area contributed by atoms with Crippen molar-refractivity contribution in [1.29, 1.82) is 0 Å². The van der Waals surface area contributed by atoms with Crippen LogP contribution in [0, 0.1) is 0 Å². The highest BCUT2D eigenvalue weighted by Crippen LogP contribution is 2.41. The maximum atomic E-state index is 6.39. The average Bonchev–Trinajstić information content (AvgIpc) is 3.95. The van der Waals surface area contributed by atoms with Crippen LogP contribution in [0.5, 0.6) is 0 Å². The molecule has 0 spiro atoms. The zero-order valence-electron chi connectivity index (χ0n) is 30.3. The number of benzene rings is 7. The molecular formula is C50H29N5O2. The van der Waals surface area contributed by atoms with Gasteiger partial charge in [-0.2, -0.15) is 4.98 Å². The predicted octanol–water partition coefficient (Wildman–Crippen LogP) is 12.8. The first-order valence-electron chi connectivity index (χ1n) is 18.8. The molecule has 0 saturated heterocycles. The smallest absolute Gasteiger partial charge is 0.233 e. The van der Waals surface area contributed by atoms with Crippen LogP contribution in [-0.4, -0.2) is 24.5 Å². The van der Waals surface area contributed by atoms with Crippen LogP contribution in [0.25, 0.3) is 116 Å². The molecule has 0 aliphatic rings. The predicted molar refractivity (Wildman–Crippen MR) is 228 cm³/mol. The summed E-state index contributed by atoms with van der Waals surface area (Å²) in [5.41, 5.74) is 13.9. The van der Waals surface area contributed by atoms with Crippen LogP contribution < -0.4 is 0 Å². The SMILES string of the molecule is c1ccc(-c2ccc3c(c2)c2cc(-c4ccccc4-c4ccccc4)ccc2n3-c2ccc3oc4ccc(-c5ncc6c(n5)oc5ncncc56)cc4c3c2)cc1. The number of furan rings is 2. The molecule has 7 nitrogen and oxygen atoms in total. The summed E-state index contributed by atoms with van der Waals surface area (Å²) in [7, 11) is 0. The highest BCUT2D eigenvalue weighted by molar-refractivity contribution is 6.13. The van der Waals surface area contributed by atoms with Crippen molar-refractivity contribution >= 4 is 65.9 Å². The third-order valence-corrected chi connectivity index (χ3v) is 11.1. The zero-order chi connectivity index (χ0) is 37.5. The van der Waals surface area contributed by atoms with Crippen molar-refractivity contribution in [2.75, 3.05) is 0 Å². The van der Waals surface area contributed by atoms with E-state index in [1.807, 2.05) is 12.1 Å². The molecule has 5 heterocycles. The van der Waals surface area contributed by atoms with Crippen molar-refractivity contribution in [3.63, 3.8) is 0 Å². The third kappa shape index (κ3) is 4.99. The molecule has 0 amide bonds. The summed E-state index contributed by atoms with van der Waals surface area (Å²) in [6, 6.07) is 56.1. The van der Waals surface area contributed by atoms with Gasteiger partial charge in [-0.1, -0.05) is 97.1 Å². The van der Waals surface area contributed by atoms with E-state index < -0.39 is 0 Å². The minimum atomic E-state index is 0.475. The van der Waals surface area contributed by atoms with E-state index in [2.05, 4.69) is 160 Å². The Bertz CT molecular complexity index is 3530. The Morgan fingerprint density at radius 1 is 0.404 bits per heavy atom. The Labute approximate surface area is 325 Å². The van der Waals surface area contributed by atoms with E-state index in [9.17, 15) is 0 Å². The van der Waals surface area contributed by atoms with Gasteiger partial charge >= 0.3 is 0 Å². The maximum absolute atomic E-state index is 6.39. The normalized spacial score (nSPS) is 11.9. The van der Waals surface area contributed by atoms with Crippen LogP contribution in [0.3, 0.4) is 0 Å². The standard InChI is InChI=1S/C50H29N5O2/c1-3-9-30(10-4-1)32-15-19-44-38(23-32)39-24-33(37-14-8-7-13-36(37)31-11-5-2-6-12-31)16-20-45(39)55(44)35-18-22-47-41(26-35)40-25-34(17-21-46(40)56-47)48-52-28-43-42-27-51-29-53-49(42)57-50(43)54-48/h1-29H. The van der Waals surface area contributed by atoms with E-state index in [0.717, 1.165) is 55.0 Å². The zero-order valence-corrected chi connectivity index (χ0v) is 30.3. The van der Waals surface area contributed by atoms with Gasteiger partial charge in [0.25, 0.3) is 0 Å². The van der Waals surface area contributed by atoms with Crippen molar-refractivity contribution in [3.8, 4) is 50.5 Å². The molecule has 5 aromatic heterocycles. The molecule has 12 rings (SSSR count). The van der Waals surface area contributed by atoms with Gasteiger partial charge in [-0.05, 0) is 94.0 Å². The molecule has 0 bridgehead atoms. The first-order chi connectivity index (χ1) is 28.2. The van der Waals surface area contributed by atoms with Crippen LogP contribution in [-0.2, 0) is 0 Å². The second-order valence-electron chi connectivity index (χ2n) is 14.3. The molecule has 0 fully saturated rings. The molecule has 0 radical (unpaired) electrons. The Morgan fingerprint density at radius 2 is 1.02 bits per heavy atom. The van der Waals surface area contributed by atoms with Gasteiger partial charge in [0.15, 0.2) is 5.82 Å². The second kappa shape index (κ2) is 12.3. The number of hydrogen-bond acceptors (Lipinski definition) is 6. The van der Waals surface area contributed by atoms with Gasteiger partial charge < -0.3 is 13.4 Å². The summed E-state index contributed by atoms with van der Waals surface area (Å²) in [4.78, 5) is 17.9. The Balaban J connectivity index is 1.04. The van der Waals surface area contributed by atoms with Gasteiger partial charge in [0.2, 0.25) is 11.4 Å². The molecule has 0 unspecified atom stereocenters. The van der Waals surface area contributed by atoms with Gasteiger partial charge in [0.05, 0.1) is 21.8 Å². The average molecular weight is 732 g/mol. The van der Waals surface area contributed by atoms with Crippen LogP contribution in [0.2, 0.25) is 0 Å². The topological polar surface area (TPSA) is 82.8 Å². The largest absolute Gasteiger partial charge is 0.456 e. The molecule has 0 aliphatic carbocycles. The molecule has 7 heteroatoms. The third-order valence-electron chi connectivity index (χ3n) is 11.1. The number of nitrogens with zero attached hydrogens (tertiary/aromatic N) is 5. The van der Waals surface area contributed by atoms with Crippen molar-refractivity contribution in [2.45, 2.75) is 0 Å². The molecule has 266 valence electrons. The fraction of sp³-hybridized carbons (Fsp3) is 0. The Morgan fingerprint density at radius 3 is 1.81 bits per heavy atom. The highest BCUT2D eigenvalue weighted by atomic mass is 16.3. The molecule has 0 atom stereocenters. The van der Waals surface area contributed by atoms with E-state index in [1.54, 1.807) is 12.4 Å². The highest BCUT2D eigenvalue weighted by Gasteiger charge is 2.19. The molecule has 0 saturated carbocycles. The Hall–Kier alpha value is -7.90. The van der Waals surface area contributed by atoms with E-state index >= 15 is 0 Å².